The van der Waals surface area contributed by atoms with Gasteiger partial charge < -0.3 is 0 Å². The molecule has 1 aromatic carbocycles. The van der Waals surface area contributed by atoms with Gasteiger partial charge in [-0.1, -0.05) is 0 Å². The fourth-order valence-corrected chi connectivity index (χ4v) is 14.9. The molecule has 0 aliphatic carbocycles. The van der Waals surface area contributed by atoms with Crippen LogP contribution in [0.15, 0.2) is 12.1 Å². The summed E-state index contributed by atoms with van der Waals surface area (Å²) in [6, 6.07) is 4.74. The van der Waals surface area contributed by atoms with E-state index in [9.17, 15) is 0 Å². The summed E-state index contributed by atoms with van der Waals surface area (Å²) in [5, 5.41) is 7.16. The standard InChI is InChI=1S/C26H50Ge2O2/c1-13-27(14-2,15-3)29-23-20-21(25(7,8)9)19-22(26(10,11)12)24(23)30-28(16-4,17-5)18-6/h19-20H,13-18H2,1-12H3. The fraction of sp³-hybridized carbons (Fsp3) is 0.769. The van der Waals surface area contributed by atoms with Crippen molar-refractivity contribution < 1.29 is 7.53 Å². The van der Waals surface area contributed by atoms with Crippen LogP contribution in [-0.2, 0) is 10.8 Å². The zero-order valence-corrected chi connectivity index (χ0v) is 26.4. The second kappa shape index (κ2) is 10.7. The molecule has 0 aromatic heterocycles. The number of benzene rings is 1. The van der Waals surface area contributed by atoms with Gasteiger partial charge >= 0.3 is 195 Å². The summed E-state index contributed by atoms with van der Waals surface area (Å²) in [4.78, 5) is 0. The van der Waals surface area contributed by atoms with E-state index < -0.39 is 27.2 Å². The zero-order valence-electron chi connectivity index (χ0n) is 22.2. The van der Waals surface area contributed by atoms with Crippen LogP contribution < -0.4 is 7.53 Å². The summed E-state index contributed by atoms with van der Waals surface area (Å²) >= 11 is -4.83. The summed E-state index contributed by atoms with van der Waals surface area (Å²) in [5.41, 5.74) is 2.78. The molecule has 4 heteroatoms. The minimum absolute atomic E-state index is 0.0121. The molecule has 30 heavy (non-hydrogen) atoms. The fourth-order valence-electron chi connectivity index (χ4n) is 4.16. The third-order valence-electron chi connectivity index (χ3n) is 7.24. The molecule has 0 bridgehead atoms. The molecule has 0 radical (unpaired) electrons. The second-order valence-electron chi connectivity index (χ2n) is 11.0. The van der Waals surface area contributed by atoms with Crippen LogP contribution in [0.25, 0.3) is 0 Å². The Morgan fingerprint density at radius 3 is 1.33 bits per heavy atom. The van der Waals surface area contributed by atoms with E-state index in [0.717, 1.165) is 11.5 Å². The van der Waals surface area contributed by atoms with E-state index >= 15 is 0 Å². The minimum atomic E-state index is -2.42. The molecule has 0 atom stereocenters. The van der Waals surface area contributed by atoms with E-state index in [-0.39, 0.29) is 10.8 Å². The monoisotopic (exact) mass is 542 g/mol. The van der Waals surface area contributed by atoms with Gasteiger partial charge in [-0.3, -0.25) is 0 Å². The third-order valence-corrected chi connectivity index (χ3v) is 26.2. The Hall–Kier alpha value is -0.0943. The van der Waals surface area contributed by atoms with E-state index in [2.05, 4.69) is 95.2 Å². The van der Waals surface area contributed by atoms with Crippen molar-refractivity contribution in [3.63, 3.8) is 0 Å². The molecule has 0 saturated carbocycles. The van der Waals surface area contributed by atoms with Gasteiger partial charge in [0, 0.05) is 0 Å². The Bertz CT molecular complexity index is 659. The van der Waals surface area contributed by atoms with Crippen LogP contribution in [0.3, 0.4) is 0 Å². The first-order chi connectivity index (χ1) is 13.8. The molecule has 0 fully saturated rings. The first-order valence-electron chi connectivity index (χ1n) is 12.3. The molecule has 0 amide bonds. The van der Waals surface area contributed by atoms with Gasteiger partial charge in [0.05, 0.1) is 0 Å². The van der Waals surface area contributed by atoms with Gasteiger partial charge in [0.25, 0.3) is 0 Å². The van der Waals surface area contributed by atoms with Gasteiger partial charge in [0.1, 0.15) is 0 Å². The van der Waals surface area contributed by atoms with Crippen molar-refractivity contribution in [1.29, 1.82) is 0 Å². The average Bonchev–Trinajstić information content (AvgIpc) is 2.69. The predicted molar refractivity (Wildman–Crippen MR) is 139 cm³/mol. The van der Waals surface area contributed by atoms with Crippen molar-refractivity contribution in [3.05, 3.63) is 23.3 Å². The molecular weight excluding hydrogens is 490 g/mol. The van der Waals surface area contributed by atoms with E-state index in [1.165, 1.54) is 42.6 Å². The molecule has 0 aliphatic heterocycles. The van der Waals surface area contributed by atoms with Gasteiger partial charge in [0.15, 0.2) is 0 Å². The Morgan fingerprint density at radius 1 is 0.600 bits per heavy atom. The van der Waals surface area contributed by atoms with E-state index in [0.29, 0.717) is 0 Å². The molecule has 0 N–H and O–H groups in total. The van der Waals surface area contributed by atoms with Crippen LogP contribution in [0.2, 0.25) is 31.5 Å². The van der Waals surface area contributed by atoms with Crippen LogP contribution in [0, 0.1) is 0 Å². The van der Waals surface area contributed by atoms with Gasteiger partial charge in [-0.05, 0) is 0 Å². The predicted octanol–water partition coefficient (Wildman–Crippen LogP) is 9.05. The quantitative estimate of drug-likeness (QED) is 0.276. The molecule has 1 rings (SSSR count). The van der Waals surface area contributed by atoms with Gasteiger partial charge in [0.2, 0.25) is 0 Å². The van der Waals surface area contributed by atoms with Crippen molar-refractivity contribution in [2.45, 2.75) is 125 Å². The van der Waals surface area contributed by atoms with Crippen LogP contribution in [0.1, 0.15) is 94.2 Å². The van der Waals surface area contributed by atoms with Crippen molar-refractivity contribution in [1.82, 2.24) is 0 Å². The third kappa shape index (κ3) is 6.46. The molecule has 1 aromatic rings. The molecule has 174 valence electrons. The summed E-state index contributed by atoms with van der Waals surface area (Å²) in [6.45, 7) is 27.9. The Labute approximate surface area is 194 Å². The van der Waals surface area contributed by atoms with Crippen molar-refractivity contribution in [2.24, 2.45) is 0 Å². The average molecular weight is 540 g/mol. The van der Waals surface area contributed by atoms with Crippen molar-refractivity contribution in [3.8, 4) is 11.5 Å². The SMILES string of the molecule is C[CH2][Ge]([CH2]C)([CH2]C)[O]c1cc(C(C)(C)C)cc(C(C)(C)C)c1[O][Ge]([CH2]C)([CH2]C)[CH2]C. The molecular formula is C26H50Ge2O2. The maximum atomic E-state index is 7.18. The first kappa shape index (κ1) is 27.9. The summed E-state index contributed by atoms with van der Waals surface area (Å²) in [7, 11) is 0. The van der Waals surface area contributed by atoms with Crippen molar-refractivity contribution >= 4 is 27.2 Å². The first-order valence-corrected chi connectivity index (χ1v) is 22.9. The zero-order chi connectivity index (χ0) is 23.4. The summed E-state index contributed by atoms with van der Waals surface area (Å²) < 4.78 is 14.3. The maximum absolute atomic E-state index is 7.18. The van der Waals surface area contributed by atoms with Gasteiger partial charge in [-0.2, -0.15) is 0 Å². The molecule has 0 unspecified atom stereocenters. The Balaban J connectivity index is 3.88. The molecule has 2 nitrogen and oxygen atoms in total. The van der Waals surface area contributed by atoms with E-state index in [1.807, 2.05) is 0 Å². The second-order valence-corrected chi connectivity index (χ2v) is 30.7. The number of hydrogen-bond donors (Lipinski definition) is 0. The number of hydrogen-bond acceptors (Lipinski definition) is 2. The Morgan fingerprint density at radius 2 is 1.00 bits per heavy atom. The molecule has 0 saturated heterocycles. The van der Waals surface area contributed by atoms with Crippen LogP contribution in [0.4, 0.5) is 0 Å². The van der Waals surface area contributed by atoms with Crippen LogP contribution >= 0.6 is 0 Å². The summed E-state index contributed by atoms with van der Waals surface area (Å²) in [5.74, 6) is 2.15. The normalized spacial score (nSPS) is 13.5. The Kier molecular flexibility index (Phi) is 9.95. The van der Waals surface area contributed by atoms with Gasteiger partial charge in [-0.15, -0.1) is 0 Å². The van der Waals surface area contributed by atoms with Crippen molar-refractivity contribution in [2.75, 3.05) is 0 Å². The molecule has 0 heterocycles. The van der Waals surface area contributed by atoms with E-state index in [4.69, 9.17) is 7.53 Å². The van der Waals surface area contributed by atoms with Gasteiger partial charge in [-0.25, -0.2) is 0 Å². The molecule has 0 aliphatic rings. The molecule has 0 spiro atoms. The number of rotatable bonds is 10. The topological polar surface area (TPSA) is 18.5 Å². The van der Waals surface area contributed by atoms with E-state index in [1.54, 1.807) is 0 Å². The summed E-state index contributed by atoms with van der Waals surface area (Å²) in [6.07, 6.45) is 0. The van der Waals surface area contributed by atoms with Crippen LogP contribution in [-0.4, -0.2) is 27.2 Å². The van der Waals surface area contributed by atoms with Crippen LogP contribution in [0.5, 0.6) is 11.5 Å².